The zero-order chi connectivity index (χ0) is 36.4. The second-order valence-corrected chi connectivity index (χ2v) is 17.9. The lowest BCUT2D eigenvalue weighted by Crippen LogP contribution is -2.65. The Labute approximate surface area is 313 Å². The zero-order valence-electron chi connectivity index (χ0n) is 33.1. The molecule has 10 rings (SSSR count). The van der Waals surface area contributed by atoms with Crippen LogP contribution in [0.25, 0.3) is 0 Å². The maximum atomic E-state index is 6.85. The Hall–Kier alpha value is -3.40. The first-order valence-corrected chi connectivity index (χ1v) is 20.6. The molecule has 8 bridgehead atoms. The Kier molecular flexibility index (Phi) is 9.44. The maximum absolute atomic E-state index is 6.85. The molecule has 8 aliphatic rings. The van der Waals surface area contributed by atoms with Gasteiger partial charge in [-0.05, 0) is 203 Å². The third-order valence-corrected chi connectivity index (χ3v) is 14.9. The van der Waals surface area contributed by atoms with Crippen molar-refractivity contribution in [3.63, 3.8) is 0 Å². The molecule has 0 amide bonds. The van der Waals surface area contributed by atoms with Gasteiger partial charge in [0.2, 0.25) is 0 Å². The van der Waals surface area contributed by atoms with Gasteiger partial charge in [0.05, 0.1) is 23.0 Å². The largest absolute Gasteiger partial charge is 0.462 e. The summed E-state index contributed by atoms with van der Waals surface area (Å²) in [4.78, 5) is 0. The van der Waals surface area contributed by atoms with E-state index in [2.05, 4.69) is 76.2 Å². The van der Waals surface area contributed by atoms with E-state index < -0.39 is 0 Å². The molecule has 6 unspecified atom stereocenters. The zero-order valence-corrected chi connectivity index (χ0v) is 33.1. The van der Waals surface area contributed by atoms with Crippen LogP contribution in [0.3, 0.4) is 0 Å². The van der Waals surface area contributed by atoms with Crippen molar-refractivity contribution in [1.29, 1.82) is 0 Å². The summed E-state index contributed by atoms with van der Waals surface area (Å²) < 4.78 is 26.3. The van der Waals surface area contributed by atoms with Gasteiger partial charge in [-0.25, -0.2) is 0 Å². The molecule has 0 aliphatic heterocycles. The Morgan fingerprint density at radius 3 is 1.13 bits per heavy atom. The molecule has 0 heterocycles. The number of allylic oxidation sites excluding steroid dienone is 8. The van der Waals surface area contributed by atoms with Crippen molar-refractivity contribution < 1.29 is 18.9 Å². The lowest BCUT2D eigenvalue weighted by Gasteiger charge is -2.71. The van der Waals surface area contributed by atoms with Crippen LogP contribution < -0.4 is 18.9 Å². The predicted molar refractivity (Wildman–Crippen MR) is 211 cm³/mol. The molecule has 278 valence electrons. The molecule has 0 spiro atoms. The Balaban J connectivity index is 1.30. The summed E-state index contributed by atoms with van der Waals surface area (Å²) in [6.45, 7) is 16.5. The second kappa shape index (κ2) is 13.8. The van der Waals surface area contributed by atoms with Crippen molar-refractivity contribution in [2.75, 3.05) is 0 Å². The summed E-state index contributed by atoms with van der Waals surface area (Å²) in [6, 6.07) is 13.7. The van der Waals surface area contributed by atoms with Crippen LogP contribution >= 0.6 is 0 Å². The molecule has 0 saturated heterocycles. The third-order valence-electron chi connectivity index (χ3n) is 14.9. The van der Waals surface area contributed by atoms with Crippen LogP contribution in [0.2, 0.25) is 0 Å². The summed E-state index contributed by atoms with van der Waals surface area (Å²) >= 11 is 0. The SMILES string of the molecule is CC=C(C)Oc1ccc(C23CC4CC(CC(C4)C2C2C4CC5CC(C4)CC2(c2ccc(OC(C)=CC)cc2OC(C)=CC)C5)C3)c(OC(C)=CC)c1. The van der Waals surface area contributed by atoms with Crippen LogP contribution in [-0.4, -0.2) is 0 Å². The smallest absolute Gasteiger partial charge is 0.134 e. The minimum atomic E-state index is 0.0889. The molecule has 6 atom stereocenters. The van der Waals surface area contributed by atoms with Gasteiger partial charge in [-0.2, -0.15) is 0 Å². The molecule has 0 radical (unpaired) electrons. The van der Waals surface area contributed by atoms with Gasteiger partial charge in [0.15, 0.2) is 0 Å². The molecule has 4 heteroatoms. The molecule has 2 aromatic carbocycles. The molecule has 4 nitrogen and oxygen atoms in total. The van der Waals surface area contributed by atoms with Gasteiger partial charge >= 0.3 is 0 Å². The first-order chi connectivity index (χ1) is 25.1. The highest BCUT2D eigenvalue weighted by Gasteiger charge is 2.68. The van der Waals surface area contributed by atoms with Gasteiger partial charge in [0, 0.05) is 34.1 Å². The van der Waals surface area contributed by atoms with Gasteiger partial charge in [0.25, 0.3) is 0 Å². The Bertz CT molecular complexity index is 1650. The Morgan fingerprint density at radius 1 is 0.481 bits per heavy atom. The van der Waals surface area contributed by atoms with E-state index in [0.29, 0.717) is 11.8 Å². The van der Waals surface area contributed by atoms with Crippen LogP contribution in [0.1, 0.15) is 131 Å². The van der Waals surface area contributed by atoms with Crippen molar-refractivity contribution in [2.45, 2.75) is 130 Å². The van der Waals surface area contributed by atoms with E-state index in [1.54, 1.807) is 0 Å². The molecular formula is C48H62O4. The lowest BCUT2D eigenvalue weighted by molar-refractivity contribution is -0.164. The molecule has 2 aromatic rings. The van der Waals surface area contributed by atoms with Gasteiger partial charge in [0.1, 0.15) is 23.0 Å². The molecule has 8 aliphatic carbocycles. The summed E-state index contributed by atoms with van der Waals surface area (Å²) in [5, 5.41) is 0. The highest BCUT2D eigenvalue weighted by molar-refractivity contribution is 5.51. The molecule has 8 saturated carbocycles. The van der Waals surface area contributed by atoms with Crippen LogP contribution in [-0.2, 0) is 10.8 Å². The van der Waals surface area contributed by atoms with Crippen LogP contribution in [0.4, 0.5) is 0 Å². The fourth-order valence-electron chi connectivity index (χ4n) is 13.3. The summed E-state index contributed by atoms with van der Waals surface area (Å²) in [7, 11) is 0. The number of hydrogen-bond acceptors (Lipinski definition) is 4. The maximum Gasteiger partial charge on any atom is 0.134 e. The van der Waals surface area contributed by atoms with Gasteiger partial charge < -0.3 is 18.9 Å². The molecule has 52 heavy (non-hydrogen) atoms. The second-order valence-electron chi connectivity index (χ2n) is 17.9. The first-order valence-electron chi connectivity index (χ1n) is 20.6. The highest BCUT2D eigenvalue weighted by atomic mass is 16.5. The van der Waals surface area contributed by atoms with Crippen LogP contribution in [0.15, 0.2) is 83.7 Å². The van der Waals surface area contributed by atoms with E-state index >= 15 is 0 Å². The average Bonchev–Trinajstić information content (AvgIpc) is 3.11. The Morgan fingerprint density at radius 2 is 0.808 bits per heavy atom. The number of hydrogen-bond donors (Lipinski definition) is 0. The van der Waals surface area contributed by atoms with Crippen molar-refractivity contribution in [1.82, 2.24) is 0 Å². The summed E-state index contributed by atoms with van der Waals surface area (Å²) in [5.74, 6) is 13.4. The molecule has 0 N–H and O–H groups in total. The van der Waals surface area contributed by atoms with E-state index in [1.807, 2.05) is 39.8 Å². The predicted octanol–water partition coefficient (Wildman–Crippen LogP) is 13.0. The van der Waals surface area contributed by atoms with Gasteiger partial charge in [-0.3, -0.25) is 0 Å². The third kappa shape index (κ3) is 6.05. The fourth-order valence-corrected chi connectivity index (χ4v) is 13.3. The van der Waals surface area contributed by atoms with Crippen molar-refractivity contribution in [2.24, 2.45) is 47.3 Å². The van der Waals surface area contributed by atoms with Crippen molar-refractivity contribution in [3.05, 3.63) is 94.9 Å². The molecule has 0 aromatic heterocycles. The van der Waals surface area contributed by atoms with Gasteiger partial charge in [-0.1, -0.05) is 12.1 Å². The van der Waals surface area contributed by atoms with Gasteiger partial charge in [-0.15, -0.1) is 0 Å². The average molecular weight is 703 g/mol. The number of rotatable bonds is 11. The van der Waals surface area contributed by atoms with E-state index in [9.17, 15) is 0 Å². The van der Waals surface area contributed by atoms with Crippen LogP contribution in [0.5, 0.6) is 23.0 Å². The standard InChI is InChI=1S/C48H62O4/c1-9-29(5)49-39-13-15-41(43(23-39)51-31(7)11-3)47-25-33-17-34(26-47)20-37(19-33)45(47)46-38-21-35-18-36(22-38)28-48(46,27-35)42-16-14-40(50-30(6)10-2)24-44(42)52-32(8)12-4/h9-16,23-24,33-38,45-46H,17-22,25-28H2,1-8H3. The topological polar surface area (TPSA) is 36.9 Å². The van der Waals surface area contributed by atoms with Crippen LogP contribution in [0, 0.1) is 47.3 Å². The number of benzene rings is 2. The summed E-state index contributed by atoms with van der Waals surface area (Å²) in [6.07, 6.45) is 21.8. The first kappa shape index (κ1) is 35.6. The van der Waals surface area contributed by atoms with Crippen molar-refractivity contribution in [3.8, 4) is 23.0 Å². The fraction of sp³-hybridized carbons (Fsp3) is 0.583. The normalized spacial score (nSPS) is 36.7. The molecule has 8 fully saturated rings. The quantitative estimate of drug-likeness (QED) is 0.218. The summed E-state index contributed by atoms with van der Waals surface area (Å²) in [5.41, 5.74) is 3.07. The van der Waals surface area contributed by atoms with E-state index in [-0.39, 0.29) is 10.8 Å². The number of ether oxygens (including phenoxy) is 4. The molecular weight excluding hydrogens is 641 g/mol. The minimum absolute atomic E-state index is 0.0889. The highest BCUT2D eigenvalue weighted by Crippen LogP contribution is 2.74. The van der Waals surface area contributed by atoms with E-state index in [1.165, 1.54) is 75.3 Å². The monoisotopic (exact) mass is 702 g/mol. The minimum Gasteiger partial charge on any atom is -0.462 e. The number of fused-ring (bicyclic) bond motifs is 1. The van der Waals surface area contributed by atoms with E-state index in [4.69, 9.17) is 18.9 Å². The van der Waals surface area contributed by atoms with Crippen molar-refractivity contribution >= 4 is 0 Å². The lowest BCUT2D eigenvalue weighted by atomic mass is 9.33. The van der Waals surface area contributed by atoms with E-state index in [0.717, 1.165) is 81.5 Å².